The minimum Gasteiger partial charge on any atom is -0.496 e. The number of nitrogens with two attached hydrogens (primary N) is 1. The lowest BCUT2D eigenvalue weighted by atomic mass is 10.1. The number of methoxy groups -OCH3 is 1. The Balaban J connectivity index is 2.20. The molecule has 0 bridgehead atoms. The van der Waals surface area contributed by atoms with Crippen molar-refractivity contribution >= 4 is 5.69 Å². The van der Waals surface area contributed by atoms with Gasteiger partial charge in [-0.15, -0.1) is 0 Å². The summed E-state index contributed by atoms with van der Waals surface area (Å²) >= 11 is 0. The highest BCUT2D eigenvalue weighted by Crippen LogP contribution is 2.25. The molecular formula is C15H14N2O2. The molecule has 2 aromatic rings. The van der Waals surface area contributed by atoms with Crippen LogP contribution < -0.4 is 15.2 Å². The van der Waals surface area contributed by atoms with E-state index < -0.39 is 0 Å². The average molecular weight is 254 g/mol. The molecule has 0 spiro atoms. The van der Waals surface area contributed by atoms with Crippen molar-refractivity contribution in [3.8, 4) is 17.6 Å². The first kappa shape index (κ1) is 12.8. The maximum atomic E-state index is 9.06. The predicted octanol–water partition coefficient (Wildman–Crippen LogP) is 2.73. The zero-order valence-corrected chi connectivity index (χ0v) is 10.6. The number of hydrogen-bond acceptors (Lipinski definition) is 4. The van der Waals surface area contributed by atoms with Gasteiger partial charge in [0.05, 0.1) is 12.8 Å². The Labute approximate surface area is 112 Å². The van der Waals surface area contributed by atoms with Gasteiger partial charge in [-0.05, 0) is 18.2 Å². The van der Waals surface area contributed by atoms with E-state index in [0.717, 1.165) is 11.3 Å². The van der Waals surface area contributed by atoms with Crippen LogP contribution in [0.5, 0.6) is 11.5 Å². The molecule has 2 N–H and O–H groups in total. The molecule has 0 radical (unpaired) electrons. The third-order valence-electron chi connectivity index (χ3n) is 2.75. The highest BCUT2D eigenvalue weighted by molar-refractivity contribution is 5.60. The Bertz CT molecular complexity index is 618. The molecule has 96 valence electrons. The molecule has 0 aliphatic heterocycles. The van der Waals surface area contributed by atoms with Crippen LogP contribution in [0.4, 0.5) is 5.69 Å². The molecule has 0 aliphatic carbocycles. The second-order valence-corrected chi connectivity index (χ2v) is 3.93. The number of hydrogen-bond donors (Lipinski definition) is 1. The maximum absolute atomic E-state index is 9.06. The number of nitrogens with zero attached hydrogens (tertiary/aromatic N) is 1. The van der Waals surface area contributed by atoms with Crippen LogP contribution in [0.25, 0.3) is 0 Å². The fraction of sp³-hybridized carbons (Fsp3) is 0.133. The van der Waals surface area contributed by atoms with E-state index in [4.69, 9.17) is 20.5 Å². The normalized spacial score (nSPS) is 9.68. The number of rotatable bonds is 4. The van der Waals surface area contributed by atoms with Crippen LogP contribution in [0.1, 0.15) is 11.1 Å². The van der Waals surface area contributed by atoms with Crippen molar-refractivity contribution < 1.29 is 9.47 Å². The highest BCUT2D eigenvalue weighted by Gasteiger charge is 2.08. The van der Waals surface area contributed by atoms with E-state index in [1.165, 1.54) is 0 Å². The van der Waals surface area contributed by atoms with Crippen LogP contribution in [-0.4, -0.2) is 7.11 Å². The molecule has 0 saturated heterocycles. The SMILES string of the molecule is COc1ccccc1COc1cccc(N)c1C#N. The van der Waals surface area contributed by atoms with Gasteiger partial charge in [-0.2, -0.15) is 5.26 Å². The molecule has 0 fully saturated rings. The van der Waals surface area contributed by atoms with E-state index in [-0.39, 0.29) is 0 Å². The summed E-state index contributed by atoms with van der Waals surface area (Å²) < 4.78 is 10.9. The van der Waals surface area contributed by atoms with Gasteiger partial charge in [-0.3, -0.25) is 0 Å². The fourth-order valence-electron chi connectivity index (χ4n) is 1.77. The van der Waals surface area contributed by atoms with Crippen LogP contribution in [0.15, 0.2) is 42.5 Å². The Morgan fingerprint density at radius 2 is 1.84 bits per heavy atom. The monoisotopic (exact) mass is 254 g/mol. The zero-order chi connectivity index (χ0) is 13.7. The topological polar surface area (TPSA) is 68.3 Å². The molecule has 2 rings (SSSR count). The number of para-hydroxylation sites is 1. The lowest BCUT2D eigenvalue weighted by molar-refractivity contribution is 0.296. The van der Waals surface area contributed by atoms with E-state index in [2.05, 4.69) is 0 Å². The van der Waals surface area contributed by atoms with E-state index in [1.807, 2.05) is 30.3 Å². The smallest absolute Gasteiger partial charge is 0.139 e. The third kappa shape index (κ3) is 2.78. The highest BCUT2D eigenvalue weighted by atomic mass is 16.5. The van der Waals surface area contributed by atoms with Crippen molar-refractivity contribution in [3.63, 3.8) is 0 Å². The van der Waals surface area contributed by atoms with Gasteiger partial charge in [0.25, 0.3) is 0 Å². The summed E-state index contributed by atoms with van der Waals surface area (Å²) in [4.78, 5) is 0. The summed E-state index contributed by atoms with van der Waals surface area (Å²) in [6, 6.07) is 14.8. The van der Waals surface area contributed by atoms with Crippen LogP contribution in [-0.2, 0) is 6.61 Å². The van der Waals surface area contributed by atoms with Crippen molar-refractivity contribution in [2.45, 2.75) is 6.61 Å². The molecule has 4 heteroatoms. The molecule has 0 atom stereocenters. The largest absolute Gasteiger partial charge is 0.496 e. The van der Waals surface area contributed by atoms with Gasteiger partial charge in [-0.25, -0.2) is 0 Å². The molecule has 0 unspecified atom stereocenters. The van der Waals surface area contributed by atoms with E-state index in [0.29, 0.717) is 23.6 Å². The quantitative estimate of drug-likeness (QED) is 0.852. The summed E-state index contributed by atoms with van der Waals surface area (Å²) in [6.45, 7) is 0.322. The van der Waals surface area contributed by atoms with E-state index in [9.17, 15) is 0 Å². The molecule has 0 heterocycles. The van der Waals surface area contributed by atoms with Gasteiger partial charge >= 0.3 is 0 Å². The van der Waals surface area contributed by atoms with Crippen LogP contribution in [0, 0.1) is 11.3 Å². The predicted molar refractivity (Wildman–Crippen MR) is 72.9 cm³/mol. The first-order valence-corrected chi connectivity index (χ1v) is 5.79. The first-order valence-electron chi connectivity index (χ1n) is 5.79. The van der Waals surface area contributed by atoms with Gasteiger partial charge in [0.1, 0.15) is 29.7 Å². The summed E-state index contributed by atoms with van der Waals surface area (Å²) in [5, 5.41) is 9.06. The van der Waals surface area contributed by atoms with E-state index in [1.54, 1.807) is 25.3 Å². The Hall–Kier alpha value is -2.67. The lowest BCUT2D eigenvalue weighted by Gasteiger charge is -2.11. The minimum absolute atomic E-state index is 0.322. The summed E-state index contributed by atoms with van der Waals surface area (Å²) in [5.74, 6) is 1.23. The van der Waals surface area contributed by atoms with Crippen molar-refractivity contribution in [3.05, 3.63) is 53.6 Å². The molecule has 4 nitrogen and oxygen atoms in total. The van der Waals surface area contributed by atoms with Crippen molar-refractivity contribution in [2.75, 3.05) is 12.8 Å². The molecule has 0 aliphatic rings. The third-order valence-corrected chi connectivity index (χ3v) is 2.75. The van der Waals surface area contributed by atoms with Crippen LogP contribution in [0.2, 0.25) is 0 Å². The van der Waals surface area contributed by atoms with Gasteiger partial charge in [0, 0.05) is 5.56 Å². The fourth-order valence-corrected chi connectivity index (χ4v) is 1.77. The van der Waals surface area contributed by atoms with Crippen molar-refractivity contribution in [1.29, 1.82) is 5.26 Å². The lowest BCUT2D eigenvalue weighted by Crippen LogP contribution is -2.01. The number of nitrogen functional groups attached to an aromatic ring is 1. The second kappa shape index (κ2) is 5.78. The van der Waals surface area contributed by atoms with Gasteiger partial charge < -0.3 is 15.2 Å². The second-order valence-electron chi connectivity index (χ2n) is 3.93. The van der Waals surface area contributed by atoms with Gasteiger partial charge in [0.2, 0.25) is 0 Å². The molecule has 0 aromatic heterocycles. The number of nitriles is 1. The Morgan fingerprint density at radius 3 is 2.58 bits per heavy atom. The molecular weight excluding hydrogens is 240 g/mol. The summed E-state index contributed by atoms with van der Waals surface area (Å²) in [7, 11) is 1.61. The van der Waals surface area contributed by atoms with Gasteiger partial charge in [0.15, 0.2) is 0 Å². The molecule has 0 amide bonds. The summed E-state index contributed by atoms with van der Waals surface area (Å²) in [5.41, 5.74) is 7.42. The standard InChI is InChI=1S/C15H14N2O2/c1-18-14-7-3-2-5-11(14)10-19-15-8-4-6-13(17)12(15)9-16/h2-8H,10,17H2,1H3. The van der Waals surface area contributed by atoms with E-state index >= 15 is 0 Å². The Morgan fingerprint density at radius 1 is 1.11 bits per heavy atom. The van der Waals surface area contributed by atoms with Crippen LogP contribution >= 0.6 is 0 Å². The number of anilines is 1. The number of benzene rings is 2. The molecule has 2 aromatic carbocycles. The zero-order valence-electron chi connectivity index (χ0n) is 10.6. The number of ether oxygens (including phenoxy) is 2. The molecule has 0 saturated carbocycles. The van der Waals surface area contributed by atoms with Crippen molar-refractivity contribution in [2.24, 2.45) is 0 Å². The Kier molecular flexibility index (Phi) is 3.89. The summed E-state index contributed by atoms with van der Waals surface area (Å²) in [6.07, 6.45) is 0. The maximum Gasteiger partial charge on any atom is 0.139 e. The van der Waals surface area contributed by atoms with Crippen LogP contribution in [0.3, 0.4) is 0 Å². The van der Waals surface area contributed by atoms with Crippen molar-refractivity contribution in [1.82, 2.24) is 0 Å². The average Bonchev–Trinajstić information content (AvgIpc) is 2.45. The minimum atomic E-state index is 0.322. The first-order chi connectivity index (χ1) is 9.26. The molecule has 19 heavy (non-hydrogen) atoms. The van der Waals surface area contributed by atoms with Gasteiger partial charge in [-0.1, -0.05) is 24.3 Å².